The van der Waals surface area contributed by atoms with E-state index in [0.29, 0.717) is 13.1 Å². The highest BCUT2D eigenvalue weighted by atomic mass is 16.3. The van der Waals surface area contributed by atoms with Gasteiger partial charge in [-0.25, -0.2) is 9.59 Å². The van der Waals surface area contributed by atoms with Gasteiger partial charge in [-0.3, -0.25) is 0 Å². The van der Waals surface area contributed by atoms with Crippen LogP contribution in [-0.4, -0.2) is 97.6 Å². The Morgan fingerprint density at radius 1 is 0.679 bits per heavy atom. The Morgan fingerprint density at radius 2 is 1.07 bits per heavy atom. The summed E-state index contributed by atoms with van der Waals surface area (Å²) in [6, 6.07) is -0.669. The molecule has 0 rings (SSSR count). The lowest BCUT2D eigenvalue weighted by atomic mass is 10.2. The van der Waals surface area contributed by atoms with Crippen LogP contribution in [0.2, 0.25) is 0 Å². The van der Waals surface area contributed by atoms with Crippen molar-refractivity contribution in [1.82, 2.24) is 20.4 Å². The minimum atomic E-state index is -0.334. The Bertz CT molecular complexity index is 413. The van der Waals surface area contributed by atoms with Gasteiger partial charge in [0.1, 0.15) is 0 Å². The molecule has 0 saturated carbocycles. The number of hydrogen-bond acceptors (Lipinski definition) is 8. The van der Waals surface area contributed by atoms with E-state index in [0.717, 1.165) is 25.7 Å². The number of nitroso groups, excluding NO2 is 2. The van der Waals surface area contributed by atoms with Crippen LogP contribution < -0.4 is 10.6 Å². The lowest BCUT2D eigenvalue weighted by molar-refractivity contribution is 0.178. The van der Waals surface area contributed by atoms with Crippen LogP contribution in [0, 0.1) is 9.81 Å². The van der Waals surface area contributed by atoms with Gasteiger partial charge in [0, 0.05) is 39.3 Å². The van der Waals surface area contributed by atoms with Crippen LogP contribution in [-0.2, 0) is 0 Å². The summed E-state index contributed by atoms with van der Waals surface area (Å²) in [6.07, 6.45) is 3.25. The zero-order chi connectivity index (χ0) is 21.0. The quantitative estimate of drug-likeness (QED) is 0.198. The second kappa shape index (κ2) is 18.0. The molecule has 0 fully saturated rings. The number of nitrogens with zero attached hydrogens (tertiary/aromatic N) is 4. The molecule has 0 heterocycles. The maximum absolute atomic E-state index is 11.9. The molecule has 4 amide bonds. The van der Waals surface area contributed by atoms with E-state index < -0.39 is 0 Å². The second-order valence-electron chi connectivity index (χ2n) is 6.00. The van der Waals surface area contributed by atoms with E-state index in [1.165, 1.54) is 9.80 Å². The van der Waals surface area contributed by atoms with E-state index in [-0.39, 0.29) is 64.5 Å². The first kappa shape index (κ1) is 25.7. The third kappa shape index (κ3) is 12.9. The summed E-state index contributed by atoms with van der Waals surface area (Å²) in [5, 5.41) is 28.7. The van der Waals surface area contributed by atoms with Crippen molar-refractivity contribution in [1.29, 1.82) is 0 Å². The zero-order valence-electron chi connectivity index (χ0n) is 16.2. The van der Waals surface area contributed by atoms with Crippen molar-refractivity contribution in [2.24, 2.45) is 10.4 Å². The van der Waals surface area contributed by atoms with Crippen LogP contribution in [0.25, 0.3) is 0 Å². The highest BCUT2D eigenvalue weighted by Gasteiger charge is 2.12. The Labute approximate surface area is 164 Å². The molecule has 0 aliphatic carbocycles. The zero-order valence-corrected chi connectivity index (χ0v) is 16.2. The van der Waals surface area contributed by atoms with E-state index in [2.05, 4.69) is 21.0 Å². The van der Waals surface area contributed by atoms with E-state index in [4.69, 9.17) is 10.2 Å². The monoisotopic (exact) mass is 404 g/mol. The minimum absolute atomic E-state index is 0.0134. The predicted octanol–water partition coefficient (Wildman–Crippen LogP) is 0.0874. The number of hydrogen-bond donors (Lipinski definition) is 4. The van der Waals surface area contributed by atoms with Gasteiger partial charge in [-0.05, 0) is 12.8 Å². The van der Waals surface area contributed by atoms with Gasteiger partial charge >= 0.3 is 12.1 Å². The normalized spacial score (nSPS) is 10.2. The molecular weight excluding hydrogens is 372 g/mol. The molecule has 0 aromatic heterocycles. The van der Waals surface area contributed by atoms with E-state index >= 15 is 0 Å². The maximum atomic E-state index is 11.9. The number of aliphatic hydroxyl groups is 2. The molecule has 12 heteroatoms. The van der Waals surface area contributed by atoms with Crippen molar-refractivity contribution < 1.29 is 19.8 Å². The van der Waals surface area contributed by atoms with Crippen LogP contribution in [0.5, 0.6) is 0 Å². The lowest BCUT2D eigenvalue weighted by Crippen LogP contribution is -2.43. The molecule has 0 atom stereocenters. The topological polar surface area (TPSA) is 164 Å². The van der Waals surface area contributed by atoms with Gasteiger partial charge in [0.25, 0.3) is 0 Å². The molecule has 0 aromatic rings. The van der Waals surface area contributed by atoms with E-state index in [1.54, 1.807) is 0 Å². The summed E-state index contributed by atoms with van der Waals surface area (Å²) in [6.45, 7) is 1.21. The highest BCUT2D eigenvalue weighted by Crippen LogP contribution is 1.99. The van der Waals surface area contributed by atoms with Crippen LogP contribution in [0.3, 0.4) is 0 Å². The molecule has 0 aliphatic rings. The van der Waals surface area contributed by atoms with Crippen LogP contribution in [0.4, 0.5) is 9.59 Å². The first-order chi connectivity index (χ1) is 13.6. The summed E-state index contributed by atoms with van der Waals surface area (Å²) in [5.74, 6) is 0. The third-order valence-electron chi connectivity index (χ3n) is 3.89. The van der Waals surface area contributed by atoms with Crippen molar-refractivity contribution >= 4 is 12.1 Å². The van der Waals surface area contributed by atoms with Crippen molar-refractivity contribution in [3.05, 3.63) is 9.81 Å². The van der Waals surface area contributed by atoms with Gasteiger partial charge < -0.3 is 30.6 Å². The molecule has 0 aliphatic heterocycles. The number of aliphatic hydroxyl groups excluding tert-OH is 2. The summed E-state index contributed by atoms with van der Waals surface area (Å²) in [5.41, 5.74) is 0. The minimum Gasteiger partial charge on any atom is -0.395 e. The molecule has 0 spiro atoms. The molecule has 12 nitrogen and oxygen atoms in total. The van der Waals surface area contributed by atoms with Gasteiger partial charge in [-0.2, -0.15) is 9.81 Å². The first-order valence-electron chi connectivity index (χ1n) is 9.46. The molecule has 162 valence electrons. The van der Waals surface area contributed by atoms with Gasteiger partial charge in [0.05, 0.1) is 26.3 Å². The van der Waals surface area contributed by atoms with Gasteiger partial charge in [-0.15, -0.1) is 0 Å². The number of amides is 4. The summed E-state index contributed by atoms with van der Waals surface area (Å²) in [4.78, 5) is 46.8. The van der Waals surface area contributed by atoms with Gasteiger partial charge in [0.2, 0.25) is 0 Å². The SMILES string of the molecule is O=NCCN(CCO)C(=O)NCCCCCCNC(=O)N(CCO)CCN=O. The Hall–Kier alpha value is -2.34. The number of unbranched alkanes of at least 4 members (excludes halogenated alkanes) is 3. The predicted molar refractivity (Wildman–Crippen MR) is 104 cm³/mol. The van der Waals surface area contributed by atoms with E-state index in [9.17, 15) is 19.4 Å². The summed E-state index contributed by atoms with van der Waals surface area (Å²) >= 11 is 0. The third-order valence-corrected chi connectivity index (χ3v) is 3.89. The van der Waals surface area contributed by atoms with E-state index in [1.807, 2.05) is 0 Å². The second-order valence-corrected chi connectivity index (χ2v) is 6.00. The fraction of sp³-hybridized carbons (Fsp3) is 0.875. The Kier molecular flexibility index (Phi) is 16.5. The Balaban J connectivity index is 3.81. The van der Waals surface area contributed by atoms with Crippen molar-refractivity contribution in [3.63, 3.8) is 0 Å². The summed E-state index contributed by atoms with van der Waals surface area (Å²) < 4.78 is 0. The van der Waals surface area contributed by atoms with Crippen molar-refractivity contribution in [2.75, 3.05) is 65.6 Å². The van der Waals surface area contributed by atoms with Crippen LogP contribution >= 0.6 is 0 Å². The molecule has 0 aromatic carbocycles. The maximum Gasteiger partial charge on any atom is 0.317 e. The number of urea groups is 2. The summed E-state index contributed by atoms with van der Waals surface area (Å²) in [7, 11) is 0. The molecule has 28 heavy (non-hydrogen) atoms. The van der Waals surface area contributed by atoms with Gasteiger partial charge in [0.15, 0.2) is 0 Å². The van der Waals surface area contributed by atoms with Gasteiger partial charge in [-0.1, -0.05) is 23.2 Å². The fourth-order valence-corrected chi connectivity index (χ4v) is 2.41. The Morgan fingerprint density at radius 3 is 1.39 bits per heavy atom. The largest absolute Gasteiger partial charge is 0.395 e. The lowest BCUT2D eigenvalue weighted by Gasteiger charge is -2.21. The average molecular weight is 404 g/mol. The van der Waals surface area contributed by atoms with Crippen molar-refractivity contribution in [2.45, 2.75) is 25.7 Å². The molecule has 0 bridgehead atoms. The standard InChI is InChI=1S/C16H32N6O6/c23-13-11-21(9-7-19-27)15(25)17-5-3-1-2-4-6-18-16(26)22(12-14-24)10-8-20-28/h23-24H,1-14H2,(H,17,25)(H,18,26). The average Bonchev–Trinajstić information content (AvgIpc) is 2.69. The van der Waals surface area contributed by atoms with Crippen LogP contribution in [0.1, 0.15) is 25.7 Å². The number of nitrogens with one attached hydrogen (secondary N) is 2. The molecule has 4 N–H and O–H groups in total. The molecular formula is C16H32N6O6. The number of carbonyl (C=O) groups excluding carboxylic acids is 2. The molecule has 0 saturated heterocycles. The van der Waals surface area contributed by atoms with Crippen molar-refractivity contribution in [3.8, 4) is 0 Å². The fourth-order valence-electron chi connectivity index (χ4n) is 2.41. The number of rotatable bonds is 17. The smallest absolute Gasteiger partial charge is 0.317 e. The molecule has 0 radical (unpaired) electrons. The first-order valence-corrected chi connectivity index (χ1v) is 9.46. The highest BCUT2D eigenvalue weighted by molar-refractivity contribution is 5.74. The number of carbonyl (C=O) groups is 2. The molecule has 0 unspecified atom stereocenters. The van der Waals surface area contributed by atoms with Crippen LogP contribution in [0.15, 0.2) is 10.4 Å².